The molecule has 2 aromatic rings. The van der Waals surface area contributed by atoms with Crippen LogP contribution in [0, 0.1) is 5.82 Å². The molecule has 2 aliphatic heterocycles. The third kappa shape index (κ3) is 3.40. The molecule has 0 unspecified atom stereocenters. The van der Waals surface area contributed by atoms with E-state index in [1.54, 1.807) is 24.3 Å². The van der Waals surface area contributed by atoms with Gasteiger partial charge in [0, 0.05) is 19.2 Å². The summed E-state index contributed by atoms with van der Waals surface area (Å²) in [5, 5.41) is -0.675. The molecule has 0 aliphatic carbocycles. The van der Waals surface area contributed by atoms with E-state index in [0.29, 0.717) is 11.5 Å². The van der Waals surface area contributed by atoms with Crippen LogP contribution in [0.2, 0.25) is 0 Å². The first kappa shape index (κ1) is 17.5. The standard InChI is InChI=1S/C19H16FNO5S/c20-14-3-5-15(6-4-14)27(23,24)16-10-21(11-16)19(22)8-2-13-1-7-17-18(9-13)26-12-25-17/h1-9,16H,10-12H2. The Balaban J connectivity index is 1.37. The Hall–Kier alpha value is -2.87. The SMILES string of the molecule is O=C(C=Cc1ccc2c(c1)OCO2)N1CC(S(=O)(=O)c2ccc(F)cc2)C1. The first-order valence-electron chi connectivity index (χ1n) is 8.29. The predicted octanol–water partition coefficient (Wildman–Crippen LogP) is 2.25. The van der Waals surface area contributed by atoms with Crippen LogP contribution < -0.4 is 9.47 Å². The minimum atomic E-state index is -3.57. The van der Waals surface area contributed by atoms with E-state index in [-0.39, 0.29) is 30.7 Å². The van der Waals surface area contributed by atoms with Crippen molar-refractivity contribution in [3.63, 3.8) is 0 Å². The van der Waals surface area contributed by atoms with Crippen LogP contribution in [0.4, 0.5) is 4.39 Å². The number of likely N-dealkylation sites (tertiary alicyclic amines) is 1. The number of carbonyl (C=O) groups excluding carboxylic acids is 1. The summed E-state index contributed by atoms with van der Waals surface area (Å²) in [6.07, 6.45) is 3.05. The lowest BCUT2D eigenvalue weighted by Crippen LogP contribution is -2.56. The molecule has 8 heteroatoms. The summed E-state index contributed by atoms with van der Waals surface area (Å²) < 4.78 is 48.4. The van der Waals surface area contributed by atoms with Crippen molar-refractivity contribution in [2.75, 3.05) is 19.9 Å². The topological polar surface area (TPSA) is 72.9 Å². The molecule has 1 fully saturated rings. The van der Waals surface area contributed by atoms with Crippen LogP contribution in [0.1, 0.15) is 5.56 Å². The molecular formula is C19H16FNO5S. The molecule has 2 aliphatic rings. The molecule has 140 valence electrons. The summed E-state index contributed by atoms with van der Waals surface area (Å²) >= 11 is 0. The fourth-order valence-electron chi connectivity index (χ4n) is 2.92. The average molecular weight is 389 g/mol. The van der Waals surface area contributed by atoms with Crippen molar-refractivity contribution in [1.29, 1.82) is 0 Å². The Morgan fingerprint density at radius 2 is 1.78 bits per heavy atom. The Labute approximate surface area is 155 Å². The van der Waals surface area contributed by atoms with Crippen molar-refractivity contribution < 1.29 is 27.1 Å². The summed E-state index contributed by atoms with van der Waals surface area (Å²) in [4.78, 5) is 13.7. The highest BCUT2D eigenvalue weighted by Crippen LogP contribution is 2.33. The first-order chi connectivity index (χ1) is 12.9. The molecule has 1 saturated heterocycles. The molecule has 0 saturated carbocycles. The summed E-state index contributed by atoms with van der Waals surface area (Å²) in [5.41, 5.74) is 0.781. The number of fused-ring (bicyclic) bond motifs is 1. The van der Waals surface area contributed by atoms with E-state index in [4.69, 9.17) is 9.47 Å². The zero-order chi connectivity index (χ0) is 19.0. The summed E-state index contributed by atoms with van der Waals surface area (Å²) in [6, 6.07) is 10.1. The van der Waals surface area contributed by atoms with E-state index in [2.05, 4.69) is 0 Å². The van der Waals surface area contributed by atoms with Gasteiger partial charge < -0.3 is 14.4 Å². The molecular weight excluding hydrogens is 373 g/mol. The number of hydrogen-bond acceptors (Lipinski definition) is 5. The van der Waals surface area contributed by atoms with Crippen LogP contribution in [-0.2, 0) is 14.6 Å². The van der Waals surface area contributed by atoms with Crippen LogP contribution in [-0.4, -0.2) is 44.4 Å². The van der Waals surface area contributed by atoms with Gasteiger partial charge in [-0.25, -0.2) is 12.8 Å². The lowest BCUT2D eigenvalue weighted by molar-refractivity contribution is -0.128. The van der Waals surface area contributed by atoms with E-state index in [1.807, 2.05) is 0 Å². The van der Waals surface area contributed by atoms with Crippen molar-refractivity contribution in [3.05, 3.63) is 59.9 Å². The van der Waals surface area contributed by atoms with Gasteiger partial charge in [0.05, 0.1) is 4.90 Å². The fraction of sp³-hybridized carbons (Fsp3) is 0.211. The molecule has 2 heterocycles. The zero-order valence-electron chi connectivity index (χ0n) is 14.2. The molecule has 0 spiro atoms. The molecule has 4 rings (SSSR count). The largest absolute Gasteiger partial charge is 0.454 e. The highest BCUT2D eigenvalue weighted by atomic mass is 32.2. The van der Waals surface area contributed by atoms with Gasteiger partial charge in [-0.1, -0.05) is 6.07 Å². The zero-order valence-corrected chi connectivity index (χ0v) is 15.0. The molecule has 0 radical (unpaired) electrons. The van der Waals surface area contributed by atoms with Crippen molar-refractivity contribution in [3.8, 4) is 11.5 Å². The number of carbonyl (C=O) groups is 1. The van der Waals surface area contributed by atoms with Crippen molar-refractivity contribution in [2.24, 2.45) is 0 Å². The molecule has 0 aromatic heterocycles. The third-order valence-electron chi connectivity index (χ3n) is 4.56. The molecule has 0 bridgehead atoms. The van der Waals surface area contributed by atoms with Gasteiger partial charge in [0.15, 0.2) is 21.3 Å². The minimum absolute atomic E-state index is 0.0666. The molecule has 1 amide bonds. The van der Waals surface area contributed by atoms with Gasteiger partial charge in [-0.05, 0) is 48.0 Å². The van der Waals surface area contributed by atoms with Gasteiger partial charge >= 0.3 is 0 Å². The lowest BCUT2D eigenvalue weighted by atomic mass is 10.1. The third-order valence-corrected chi connectivity index (χ3v) is 6.66. The maximum Gasteiger partial charge on any atom is 0.246 e. The van der Waals surface area contributed by atoms with Gasteiger partial charge in [-0.15, -0.1) is 0 Å². The second kappa shape index (κ2) is 6.70. The van der Waals surface area contributed by atoms with E-state index >= 15 is 0 Å². The fourth-order valence-corrected chi connectivity index (χ4v) is 4.57. The first-order valence-corrected chi connectivity index (χ1v) is 9.84. The van der Waals surface area contributed by atoms with Crippen LogP contribution in [0.25, 0.3) is 6.08 Å². The second-order valence-corrected chi connectivity index (χ2v) is 8.54. The smallest absolute Gasteiger partial charge is 0.246 e. The van der Waals surface area contributed by atoms with Crippen LogP contribution in [0.3, 0.4) is 0 Å². The maximum absolute atomic E-state index is 13.0. The van der Waals surface area contributed by atoms with Crippen molar-refractivity contribution in [2.45, 2.75) is 10.1 Å². The number of sulfone groups is 1. The van der Waals surface area contributed by atoms with Crippen molar-refractivity contribution >= 4 is 21.8 Å². The number of ether oxygens (including phenoxy) is 2. The minimum Gasteiger partial charge on any atom is -0.454 e. The van der Waals surface area contributed by atoms with Gasteiger partial charge in [0.1, 0.15) is 11.1 Å². The number of benzene rings is 2. The van der Waals surface area contributed by atoms with Crippen LogP contribution in [0.15, 0.2) is 53.4 Å². The normalized spacial score (nSPS) is 16.6. The van der Waals surface area contributed by atoms with E-state index < -0.39 is 20.9 Å². The van der Waals surface area contributed by atoms with Gasteiger partial charge in [-0.2, -0.15) is 0 Å². The molecule has 27 heavy (non-hydrogen) atoms. The summed E-state index contributed by atoms with van der Waals surface area (Å²) in [6.45, 7) is 0.410. The Kier molecular flexibility index (Phi) is 4.35. The van der Waals surface area contributed by atoms with E-state index in [1.165, 1.54) is 23.1 Å². The predicted molar refractivity (Wildman–Crippen MR) is 95.6 cm³/mol. The van der Waals surface area contributed by atoms with Gasteiger partial charge in [-0.3, -0.25) is 4.79 Å². The Morgan fingerprint density at radius 3 is 2.52 bits per heavy atom. The second-order valence-electron chi connectivity index (χ2n) is 6.31. The highest BCUT2D eigenvalue weighted by molar-refractivity contribution is 7.92. The van der Waals surface area contributed by atoms with Gasteiger partial charge in [0.2, 0.25) is 12.7 Å². The molecule has 0 atom stereocenters. The number of amides is 1. The van der Waals surface area contributed by atoms with Crippen LogP contribution >= 0.6 is 0 Å². The average Bonchev–Trinajstić information content (AvgIpc) is 3.06. The highest BCUT2D eigenvalue weighted by Gasteiger charge is 2.39. The molecule has 2 aromatic carbocycles. The Morgan fingerprint density at radius 1 is 1.07 bits per heavy atom. The number of rotatable bonds is 4. The number of halogens is 1. The van der Waals surface area contributed by atoms with Gasteiger partial charge in [0.25, 0.3) is 0 Å². The lowest BCUT2D eigenvalue weighted by Gasteiger charge is -2.38. The monoisotopic (exact) mass is 389 g/mol. The molecule has 6 nitrogen and oxygen atoms in total. The van der Waals surface area contributed by atoms with E-state index in [0.717, 1.165) is 17.7 Å². The van der Waals surface area contributed by atoms with Crippen LogP contribution in [0.5, 0.6) is 11.5 Å². The Bertz CT molecular complexity index is 1010. The van der Waals surface area contributed by atoms with E-state index in [9.17, 15) is 17.6 Å². The maximum atomic E-state index is 13.0. The molecule has 0 N–H and O–H groups in total. The van der Waals surface area contributed by atoms with Crippen molar-refractivity contribution in [1.82, 2.24) is 4.90 Å². The summed E-state index contributed by atoms with van der Waals surface area (Å²) in [5.74, 6) is 0.528. The quantitative estimate of drug-likeness (QED) is 0.592. The number of hydrogen-bond donors (Lipinski definition) is 0. The summed E-state index contributed by atoms with van der Waals surface area (Å²) in [7, 11) is -3.57. The number of nitrogens with zero attached hydrogens (tertiary/aromatic N) is 1.